The molecule has 0 amide bonds. The fraction of sp³-hybridized carbons (Fsp3) is 0.417. The van der Waals surface area contributed by atoms with Gasteiger partial charge in [0.25, 0.3) is 0 Å². The molecule has 3 heteroatoms. The highest BCUT2D eigenvalue weighted by atomic mass is 16.1. The van der Waals surface area contributed by atoms with Crippen molar-refractivity contribution < 1.29 is 4.79 Å². The van der Waals surface area contributed by atoms with Crippen LogP contribution in [0.2, 0.25) is 0 Å². The van der Waals surface area contributed by atoms with Crippen molar-refractivity contribution in [1.29, 1.82) is 0 Å². The van der Waals surface area contributed by atoms with Crippen LogP contribution in [0.4, 0.5) is 0 Å². The van der Waals surface area contributed by atoms with Crippen molar-refractivity contribution in [3.8, 4) is 22.3 Å². The second kappa shape index (κ2) is 9.20. The first-order valence-electron chi connectivity index (χ1n) is 14.2. The van der Waals surface area contributed by atoms with Crippen LogP contribution in [0.5, 0.6) is 0 Å². The third-order valence-corrected chi connectivity index (χ3v) is 9.93. The molecule has 0 aliphatic heterocycles. The predicted molar refractivity (Wildman–Crippen MR) is 160 cm³/mol. The molecule has 198 valence electrons. The Morgan fingerprint density at radius 2 is 1.00 bits per heavy atom. The van der Waals surface area contributed by atoms with E-state index < -0.39 is 6.17 Å². The Hall–Kier alpha value is -3.69. The summed E-state index contributed by atoms with van der Waals surface area (Å²) < 4.78 is 0. The summed E-state index contributed by atoms with van der Waals surface area (Å²) >= 11 is 0. The highest BCUT2D eigenvalue weighted by molar-refractivity contribution is 5.91. The second-order valence-electron chi connectivity index (χ2n) is 12.7. The molecule has 0 aromatic heterocycles. The zero-order chi connectivity index (χ0) is 28.4. The highest BCUT2D eigenvalue weighted by Gasteiger charge is 2.53. The zero-order valence-electron chi connectivity index (χ0n) is 24.4. The van der Waals surface area contributed by atoms with Gasteiger partial charge in [-0.05, 0) is 98.5 Å². The fourth-order valence-electron chi connectivity index (χ4n) is 8.53. The van der Waals surface area contributed by atoms with Gasteiger partial charge in [0, 0.05) is 16.4 Å². The highest BCUT2D eigenvalue weighted by Crippen LogP contribution is 2.63. The number of nitrogens with zero attached hydrogens (tertiary/aromatic N) is 2. The summed E-state index contributed by atoms with van der Waals surface area (Å²) in [6, 6.07) is 17.4. The van der Waals surface area contributed by atoms with Crippen molar-refractivity contribution in [2.45, 2.75) is 72.4 Å². The molecular formula is C36H38N2O. The molecule has 0 saturated carbocycles. The van der Waals surface area contributed by atoms with Crippen LogP contribution < -0.4 is 0 Å². The molecule has 39 heavy (non-hydrogen) atoms. The van der Waals surface area contributed by atoms with Gasteiger partial charge in [-0.25, -0.2) is 22.8 Å². The molecule has 0 saturated heterocycles. The van der Waals surface area contributed by atoms with Crippen molar-refractivity contribution in [3.05, 3.63) is 105 Å². The van der Waals surface area contributed by atoms with E-state index in [-0.39, 0.29) is 10.8 Å². The lowest BCUT2D eigenvalue weighted by Gasteiger charge is -2.42. The van der Waals surface area contributed by atoms with Gasteiger partial charge in [-0.2, -0.15) is 0 Å². The van der Waals surface area contributed by atoms with Crippen LogP contribution in [0.15, 0.2) is 48.5 Å². The number of benzene rings is 3. The van der Waals surface area contributed by atoms with Gasteiger partial charge in [-0.1, -0.05) is 73.6 Å². The van der Waals surface area contributed by atoms with E-state index in [1.54, 1.807) is 0 Å². The molecule has 3 aromatic rings. The van der Waals surface area contributed by atoms with Crippen molar-refractivity contribution >= 4 is 6.29 Å². The first kappa shape index (κ1) is 26.9. The summed E-state index contributed by atoms with van der Waals surface area (Å²) in [5.41, 5.74) is 11.3. The maximum Gasteiger partial charge on any atom is 0.502 e. The molecule has 0 heterocycles. The molecule has 0 N–H and O–H groups in total. The van der Waals surface area contributed by atoms with Crippen molar-refractivity contribution in [2.24, 2.45) is 23.7 Å². The minimum absolute atomic E-state index is 0.209. The number of carbonyl (C=O) groups excluding carboxylic acids is 1. The largest absolute Gasteiger partial charge is 0.502 e. The van der Waals surface area contributed by atoms with Crippen LogP contribution in [-0.4, -0.2) is 6.29 Å². The summed E-state index contributed by atoms with van der Waals surface area (Å²) in [6.45, 7) is 33.6. The molecule has 3 aromatic carbocycles. The number of hydrogen-bond donors (Lipinski definition) is 0. The average molecular weight is 515 g/mol. The molecule has 0 atom stereocenters. The van der Waals surface area contributed by atoms with Gasteiger partial charge in [0.1, 0.15) is 11.8 Å². The molecule has 0 spiro atoms. The maximum absolute atomic E-state index is 11.8. The second-order valence-corrected chi connectivity index (χ2v) is 12.7. The number of rotatable bonds is 6. The maximum atomic E-state index is 11.8. The van der Waals surface area contributed by atoms with Gasteiger partial charge in [0.15, 0.2) is 0 Å². The standard InChI is InChI=1S/C36H38N2O/c1-20(2)35(21(3)4)30-15-24(19-39)11-13-26(30)28-17-33-29(18-32(28)35)27-14-12-25(34(37-9)38-10)16-31(27)36(33,22(5)6)23(7)8/h11-23,34H,1-8H3. The number of fused-ring (bicyclic) bond motifs is 6. The Labute approximate surface area is 233 Å². The van der Waals surface area contributed by atoms with E-state index in [0.29, 0.717) is 23.7 Å². The smallest absolute Gasteiger partial charge is 0.298 e. The molecule has 0 unspecified atom stereocenters. The fourth-order valence-corrected chi connectivity index (χ4v) is 8.53. The Morgan fingerprint density at radius 3 is 1.41 bits per heavy atom. The minimum atomic E-state index is -0.811. The third kappa shape index (κ3) is 3.29. The van der Waals surface area contributed by atoms with Crippen LogP contribution in [0.3, 0.4) is 0 Å². The molecule has 0 radical (unpaired) electrons. The van der Waals surface area contributed by atoms with Crippen molar-refractivity contribution in [2.75, 3.05) is 0 Å². The van der Waals surface area contributed by atoms with E-state index in [2.05, 4.69) is 101 Å². The lowest BCUT2D eigenvalue weighted by molar-refractivity contribution is 0.112. The van der Waals surface area contributed by atoms with Gasteiger partial charge in [-0.3, -0.25) is 4.79 Å². The number of carbonyl (C=O) groups is 1. The summed E-state index contributed by atoms with van der Waals surface area (Å²) in [6.07, 6.45) is 0.152. The van der Waals surface area contributed by atoms with Crippen LogP contribution in [0, 0.1) is 36.8 Å². The van der Waals surface area contributed by atoms with E-state index in [4.69, 9.17) is 13.1 Å². The first-order chi connectivity index (χ1) is 18.5. The Kier molecular flexibility index (Phi) is 6.35. The summed E-state index contributed by atoms with van der Waals surface area (Å²) in [5.74, 6) is 1.28. The quantitative estimate of drug-likeness (QED) is 0.238. The molecule has 0 bridgehead atoms. The molecular weight excluding hydrogens is 476 g/mol. The molecule has 2 aliphatic rings. The van der Waals surface area contributed by atoms with E-state index >= 15 is 0 Å². The van der Waals surface area contributed by atoms with E-state index in [0.717, 1.165) is 17.4 Å². The molecule has 5 rings (SSSR count). The van der Waals surface area contributed by atoms with Gasteiger partial charge >= 0.3 is 6.17 Å². The lowest BCUT2D eigenvalue weighted by Crippen LogP contribution is -2.38. The van der Waals surface area contributed by atoms with Crippen LogP contribution in [0.1, 0.15) is 99.7 Å². The molecule has 0 fully saturated rings. The van der Waals surface area contributed by atoms with Gasteiger partial charge in [-0.15, -0.1) is 0 Å². The first-order valence-corrected chi connectivity index (χ1v) is 14.2. The van der Waals surface area contributed by atoms with Crippen LogP contribution in [0.25, 0.3) is 31.9 Å². The van der Waals surface area contributed by atoms with E-state index in [1.807, 2.05) is 12.1 Å². The summed E-state index contributed by atoms with van der Waals surface area (Å²) in [7, 11) is 0. The Balaban J connectivity index is 1.91. The van der Waals surface area contributed by atoms with Crippen molar-refractivity contribution in [3.63, 3.8) is 0 Å². The average Bonchev–Trinajstić information content (AvgIpc) is 3.35. The SMILES string of the molecule is [C-]#[N+]C([N+]#[C-])c1ccc2c(c1)C(C(C)C)(C(C)C)c1cc3c(cc1-2)C(C(C)C)(C(C)C)c1cc(C=O)ccc1-3. The summed E-state index contributed by atoms with van der Waals surface area (Å²) in [5, 5.41) is 0. The monoisotopic (exact) mass is 514 g/mol. The molecule has 2 aliphatic carbocycles. The normalized spacial score (nSPS) is 15.8. The zero-order valence-corrected chi connectivity index (χ0v) is 24.4. The van der Waals surface area contributed by atoms with Gasteiger partial charge < -0.3 is 0 Å². The predicted octanol–water partition coefficient (Wildman–Crippen LogP) is 9.49. The Bertz CT molecular complexity index is 1540. The van der Waals surface area contributed by atoms with E-state index in [1.165, 1.54) is 44.5 Å². The van der Waals surface area contributed by atoms with E-state index in [9.17, 15) is 4.79 Å². The van der Waals surface area contributed by atoms with Gasteiger partial charge in [0.2, 0.25) is 0 Å². The number of hydrogen-bond acceptors (Lipinski definition) is 1. The lowest BCUT2D eigenvalue weighted by atomic mass is 9.61. The minimum Gasteiger partial charge on any atom is -0.298 e. The van der Waals surface area contributed by atoms with Crippen LogP contribution in [-0.2, 0) is 10.8 Å². The van der Waals surface area contributed by atoms with Crippen molar-refractivity contribution in [1.82, 2.24) is 0 Å². The Morgan fingerprint density at radius 1 is 0.590 bits per heavy atom. The van der Waals surface area contributed by atoms with Crippen LogP contribution >= 0.6 is 0 Å². The van der Waals surface area contributed by atoms with Gasteiger partial charge in [0.05, 0.1) is 0 Å². The topological polar surface area (TPSA) is 25.8 Å². The third-order valence-electron chi connectivity index (χ3n) is 9.93. The summed E-state index contributed by atoms with van der Waals surface area (Å²) in [4.78, 5) is 19.1. The molecule has 3 nitrogen and oxygen atoms in total. The number of aldehydes is 1.